The lowest BCUT2D eigenvalue weighted by Crippen LogP contribution is -2.58. The number of likely N-dealkylation sites (tertiary alicyclic amines) is 1. The maximum atomic E-state index is 15.4. The fraction of sp³-hybridized carbons (Fsp3) is 0.405. The first-order valence-corrected chi connectivity index (χ1v) is 19.0. The van der Waals surface area contributed by atoms with Crippen molar-refractivity contribution in [2.24, 2.45) is 17.8 Å². The lowest BCUT2D eigenvalue weighted by molar-refractivity contribution is -0.146. The van der Waals surface area contributed by atoms with Crippen molar-refractivity contribution in [3.8, 4) is 0 Å². The van der Waals surface area contributed by atoms with Gasteiger partial charge in [0.25, 0.3) is 5.91 Å². The van der Waals surface area contributed by atoms with E-state index >= 15 is 9.59 Å². The van der Waals surface area contributed by atoms with Crippen LogP contribution in [0, 0.1) is 17.8 Å². The Balaban J connectivity index is 1.45. The molecule has 3 heterocycles. The molecule has 1 spiro atoms. The second kappa shape index (κ2) is 15.5. The highest BCUT2D eigenvalue weighted by Crippen LogP contribution is 2.69. The van der Waals surface area contributed by atoms with E-state index in [-0.39, 0.29) is 42.0 Å². The summed E-state index contributed by atoms with van der Waals surface area (Å²) in [6.07, 6.45) is 4.15. The second-order valence-electron chi connectivity index (χ2n) is 13.8. The summed E-state index contributed by atoms with van der Waals surface area (Å²) in [5.41, 5.74) is 3.51. The van der Waals surface area contributed by atoms with Crippen LogP contribution in [0.3, 0.4) is 0 Å². The van der Waals surface area contributed by atoms with Gasteiger partial charge >= 0.3 is 0 Å². The summed E-state index contributed by atoms with van der Waals surface area (Å²) in [6.45, 7) is 16.6. The first-order chi connectivity index (χ1) is 24.7. The molecule has 2 bridgehead atoms. The first kappa shape index (κ1) is 36.5. The molecule has 0 aliphatic carbocycles. The Bertz CT molecular complexity index is 1720. The number of fused-ring (bicyclic) bond motifs is 1. The average molecular weight is 707 g/mol. The van der Waals surface area contributed by atoms with Crippen molar-refractivity contribution < 1.29 is 19.5 Å². The van der Waals surface area contributed by atoms with E-state index in [1.54, 1.807) is 38.6 Å². The van der Waals surface area contributed by atoms with Gasteiger partial charge in [-0.2, -0.15) is 0 Å². The van der Waals surface area contributed by atoms with Crippen LogP contribution in [0.4, 0.5) is 11.4 Å². The lowest BCUT2D eigenvalue weighted by atomic mass is 9.65. The fourth-order valence-corrected chi connectivity index (χ4v) is 11.2. The molecule has 3 aromatic carbocycles. The number of benzene rings is 3. The minimum Gasteiger partial charge on any atom is -0.394 e. The highest BCUT2D eigenvalue weighted by atomic mass is 32.2. The van der Waals surface area contributed by atoms with E-state index in [9.17, 15) is 9.90 Å². The van der Waals surface area contributed by atoms with E-state index in [2.05, 4.69) is 38.8 Å². The van der Waals surface area contributed by atoms with Crippen LogP contribution < -0.4 is 9.80 Å². The smallest absolute Gasteiger partial charge is 0.251 e. The SMILES string of the molecule is C=CCN(Cc1ccccc1)C(=O)[C@@H]1[C@H]2C(=O)N([C@H](CO)c3ccccc3)C(C(=O)N(CC=C)c3ccc(N(CC)CC)cc3)C23S[C@@H]1CC3C. The molecule has 1 N–H and O–H groups in total. The summed E-state index contributed by atoms with van der Waals surface area (Å²) in [5, 5.41) is 10.9. The number of amides is 3. The van der Waals surface area contributed by atoms with Gasteiger partial charge in [-0.25, -0.2) is 0 Å². The van der Waals surface area contributed by atoms with E-state index in [1.807, 2.05) is 84.9 Å². The average Bonchev–Trinajstić information content (AvgIpc) is 3.75. The van der Waals surface area contributed by atoms with Gasteiger partial charge in [0.05, 0.1) is 29.2 Å². The molecule has 0 radical (unpaired) electrons. The molecule has 51 heavy (non-hydrogen) atoms. The van der Waals surface area contributed by atoms with Gasteiger partial charge in [-0.15, -0.1) is 24.9 Å². The number of rotatable bonds is 15. The molecule has 7 atom stereocenters. The molecule has 9 heteroatoms. The zero-order valence-corrected chi connectivity index (χ0v) is 30.8. The molecular formula is C42H50N4O4S. The Morgan fingerprint density at radius 1 is 0.922 bits per heavy atom. The van der Waals surface area contributed by atoms with Gasteiger partial charge in [-0.1, -0.05) is 79.7 Å². The molecule has 3 amide bonds. The zero-order valence-electron chi connectivity index (χ0n) is 29.9. The molecule has 6 rings (SSSR count). The molecule has 3 aliphatic rings. The summed E-state index contributed by atoms with van der Waals surface area (Å²) in [5.74, 6) is -1.93. The third kappa shape index (κ3) is 6.40. The molecule has 8 nitrogen and oxygen atoms in total. The number of nitrogens with zero attached hydrogens (tertiary/aromatic N) is 4. The number of hydrogen-bond donors (Lipinski definition) is 1. The summed E-state index contributed by atoms with van der Waals surface area (Å²) in [7, 11) is 0. The zero-order chi connectivity index (χ0) is 36.3. The van der Waals surface area contributed by atoms with Gasteiger partial charge in [0.1, 0.15) is 6.04 Å². The predicted molar refractivity (Wildman–Crippen MR) is 206 cm³/mol. The third-order valence-electron chi connectivity index (χ3n) is 11.1. The fourth-order valence-electron chi connectivity index (χ4n) is 8.82. The maximum Gasteiger partial charge on any atom is 0.251 e. The topological polar surface area (TPSA) is 84.4 Å². The molecule has 3 aliphatic heterocycles. The van der Waals surface area contributed by atoms with Crippen LogP contribution in [0.1, 0.15) is 44.4 Å². The standard InChI is InChI=1S/C42H50N4O4S/c1-6-24-44(27-30-16-12-10-13-17-30)39(48)36-35-26-29(5)42(51-35)37(36)40(49)46(34(28-47)31-18-14-11-15-19-31)38(42)41(50)45(25-7-2)33-22-20-32(21-23-33)43(8-3)9-4/h6-7,10-23,29,34-38,47H,1-2,8-9,24-28H2,3-5H3/t29?,34-,35-,36+,37+,38?,42?/m1/s1. The van der Waals surface area contributed by atoms with Crippen molar-refractivity contribution in [2.45, 2.75) is 55.8 Å². The van der Waals surface area contributed by atoms with Crippen molar-refractivity contribution in [2.75, 3.05) is 42.6 Å². The molecule has 0 aromatic heterocycles. The number of aliphatic hydroxyl groups excluding tert-OH is 1. The molecule has 3 saturated heterocycles. The molecule has 268 valence electrons. The van der Waals surface area contributed by atoms with Gasteiger partial charge in [-0.05, 0) is 61.6 Å². The Kier molecular flexibility index (Phi) is 11.1. The number of thioether (sulfide) groups is 1. The molecule has 3 unspecified atom stereocenters. The van der Waals surface area contributed by atoms with Crippen LogP contribution in [0.25, 0.3) is 0 Å². The normalized spacial score (nSPS) is 25.3. The summed E-state index contributed by atoms with van der Waals surface area (Å²) in [6, 6.07) is 25.5. The minimum absolute atomic E-state index is 0.0304. The van der Waals surface area contributed by atoms with Crippen LogP contribution in [-0.2, 0) is 20.9 Å². The summed E-state index contributed by atoms with van der Waals surface area (Å²) < 4.78 is -0.867. The van der Waals surface area contributed by atoms with E-state index in [1.165, 1.54) is 0 Å². The molecule has 0 saturated carbocycles. The van der Waals surface area contributed by atoms with E-state index in [0.717, 1.165) is 29.9 Å². The Hall–Kier alpha value is -4.34. The van der Waals surface area contributed by atoms with E-state index < -0.39 is 28.7 Å². The van der Waals surface area contributed by atoms with Crippen molar-refractivity contribution in [1.82, 2.24) is 9.80 Å². The van der Waals surface area contributed by atoms with Gasteiger partial charge in [-0.3, -0.25) is 14.4 Å². The maximum absolute atomic E-state index is 15.4. The van der Waals surface area contributed by atoms with E-state index in [0.29, 0.717) is 25.2 Å². The van der Waals surface area contributed by atoms with Crippen LogP contribution in [0.2, 0.25) is 0 Å². The highest BCUT2D eigenvalue weighted by molar-refractivity contribution is 8.02. The van der Waals surface area contributed by atoms with Crippen molar-refractivity contribution in [1.29, 1.82) is 0 Å². The van der Waals surface area contributed by atoms with Crippen molar-refractivity contribution >= 4 is 40.9 Å². The van der Waals surface area contributed by atoms with Gasteiger partial charge in [0.2, 0.25) is 11.8 Å². The first-order valence-electron chi connectivity index (χ1n) is 18.1. The lowest BCUT2D eigenvalue weighted by Gasteiger charge is -2.42. The molecular weight excluding hydrogens is 657 g/mol. The van der Waals surface area contributed by atoms with Crippen LogP contribution in [0.5, 0.6) is 0 Å². The Labute approximate surface area is 306 Å². The quantitative estimate of drug-likeness (QED) is 0.186. The van der Waals surface area contributed by atoms with Gasteiger partial charge in [0, 0.05) is 49.3 Å². The number of anilines is 2. The highest BCUT2D eigenvalue weighted by Gasteiger charge is 2.77. The van der Waals surface area contributed by atoms with Gasteiger partial charge < -0.3 is 24.7 Å². The number of aliphatic hydroxyl groups is 1. The van der Waals surface area contributed by atoms with Gasteiger partial charge in [0.15, 0.2) is 0 Å². The summed E-state index contributed by atoms with van der Waals surface area (Å²) >= 11 is 1.65. The Morgan fingerprint density at radius 2 is 1.53 bits per heavy atom. The number of carbonyl (C=O) groups excluding carboxylic acids is 3. The largest absolute Gasteiger partial charge is 0.394 e. The van der Waals surface area contributed by atoms with Crippen LogP contribution in [0.15, 0.2) is 110 Å². The van der Waals surface area contributed by atoms with Crippen molar-refractivity contribution in [3.05, 3.63) is 121 Å². The summed E-state index contributed by atoms with van der Waals surface area (Å²) in [4.78, 5) is 52.7. The monoisotopic (exact) mass is 706 g/mol. The number of carbonyl (C=O) groups is 3. The van der Waals surface area contributed by atoms with Crippen molar-refractivity contribution in [3.63, 3.8) is 0 Å². The predicted octanol–water partition coefficient (Wildman–Crippen LogP) is 6.34. The second-order valence-corrected chi connectivity index (χ2v) is 15.4. The van der Waals surface area contributed by atoms with Crippen LogP contribution >= 0.6 is 11.8 Å². The molecule has 3 aromatic rings. The minimum atomic E-state index is -0.917. The van der Waals surface area contributed by atoms with E-state index in [4.69, 9.17) is 0 Å². The Morgan fingerprint density at radius 3 is 2.12 bits per heavy atom. The van der Waals surface area contributed by atoms with Crippen LogP contribution in [-0.4, -0.2) is 81.5 Å². The number of hydrogen-bond acceptors (Lipinski definition) is 6. The molecule has 3 fully saturated rings. The third-order valence-corrected chi connectivity index (χ3v) is 13.2.